The van der Waals surface area contributed by atoms with E-state index in [1.54, 1.807) is 17.0 Å². The summed E-state index contributed by atoms with van der Waals surface area (Å²) in [5, 5.41) is 1.94. The van der Waals surface area contributed by atoms with E-state index in [9.17, 15) is 4.79 Å². The van der Waals surface area contributed by atoms with Crippen molar-refractivity contribution in [1.29, 1.82) is 0 Å². The number of carbonyl (C=O) groups excluding carboxylic acids is 1. The molecule has 1 amide bonds. The molecule has 3 aromatic rings. The average Bonchev–Trinajstić information content (AvgIpc) is 2.93. The summed E-state index contributed by atoms with van der Waals surface area (Å²) in [6, 6.07) is 11.1. The zero-order valence-corrected chi connectivity index (χ0v) is 15.7. The van der Waals surface area contributed by atoms with Gasteiger partial charge in [-0.05, 0) is 24.6 Å². The largest absolute Gasteiger partial charge is 0.397 e. The fourth-order valence-electron chi connectivity index (χ4n) is 3.50. The van der Waals surface area contributed by atoms with Crippen molar-refractivity contribution in [2.45, 2.75) is 19.9 Å². The van der Waals surface area contributed by atoms with Crippen molar-refractivity contribution in [1.82, 2.24) is 9.88 Å². The third-order valence-electron chi connectivity index (χ3n) is 4.68. The highest BCUT2D eigenvalue weighted by atomic mass is 35.5. The summed E-state index contributed by atoms with van der Waals surface area (Å²) in [4.78, 5) is 19.3. The van der Waals surface area contributed by atoms with Crippen molar-refractivity contribution in [2.24, 2.45) is 0 Å². The number of nitrogens with two attached hydrogens (primary N) is 1. The number of para-hydroxylation sites is 1. The van der Waals surface area contributed by atoms with Crippen LogP contribution in [0.25, 0.3) is 22.0 Å². The normalized spacial score (nSPS) is 13.5. The Morgan fingerprint density at radius 3 is 2.77 bits per heavy atom. The number of nitrogen functional groups attached to an aromatic ring is 1. The predicted octanol–water partition coefficient (Wildman–Crippen LogP) is 5.16. The van der Waals surface area contributed by atoms with Crippen LogP contribution in [-0.2, 0) is 6.54 Å². The second-order valence-electron chi connectivity index (χ2n) is 6.40. The van der Waals surface area contributed by atoms with Crippen molar-refractivity contribution < 1.29 is 4.79 Å². The van der Waals surface area contributed by atoms with Gasteiger partial charge in [0.05, 0.1) is 29.0 Å². The van der Waals surface area contributed by atoms with E-state index in [0.29, 0.717) is 34.4 Å². The highest BCUT2D eigenvalue weighted by Crippen LogP contribution is 2.39. The van der Waals surface area contributed by atoms with E-state index >= 15 is 0 Å². The minimum absolute atomic E-state index is 0.0417. The van der Waals surface area contributed by atoms with Crippen molar-refractivity contribution in [2.75, 3.05) is 12.3 Å². The molecule has 6 heteroatoms. The van der Waals surface area contributed by atoms with E-state index in [2.05, 4.69) is 0 Å². The first-order valence-electron chi connectivity index (χ1n) is 8.47. The molecule has 0 atom stereocenters. The molecule has 0 aliphatic carbocycles. The first kappa shape index (κ1) is 17.1. The minimum Gasteiger partial charge on any atom is -0.397 e. The van der Waals surface area contributed by atoms with E-state index in [1.807, 2.05) is 31.2 Å². The second-order valence-corrected chi connectivity index (χ2v) is 7.24. The third kappa shape index (κ3) is 2.61. The van der Waals surface area contributed by atoms with Gasteiger partial charge in [-0.15, -0.1) is 0 Å². The Kier molecular flexibility index (Phi) is 4.25. The molecular weight excluding hydrogens is 369 g/mol. The smallest absolute Gasteiger partial charge is 0.258 e. The molecule has 1 aromatic heterocycles. The maximum Gasteiger partial charge on any atom is 0.258 e. The summed E-state index contributed by atoms with van der Waals surface area (Å²) in [5.74, 6) is -0.0417. The van der Waals surface area contributed by atoms with Crippen molar-refractivity contribution in [3.8, 4) is 11.1 Å². The average molecular weight is 386 g/mol. The summed E-state index contributed by atoms with van der Waals surface area (Å²) >= 11 is 12.6. The number of pyridine rings is 1. The summed E-state index contributed by atoms with van der Waals surface area (Å²) in [6.07, 6.45) is 0.891. The molecule has 0 radical (unpaired) electrons. The van der Waals surface area contributed by atoms with Crippen LogP contribution in [0, 0.1) is 0 Å². The van der Waals surface area contributed by atoms with Crippen LogP contribution >= 0.6 is 23.2 Å². The lowest BCUT2D eigenvalue weighted by Gasteiger charge is -2.13. The second kappa shape index (κ2) is 6.45. The minimum atomic E-state index is -0.0417. The first-order valence-corrected chi connectivity index (χ1v) is 9.22. The van der Waals surface area contributed by atoms with Gasteiger partial charge in [-0.2, -0.15) is 0 Å². The van der Waals surface area contributed by atoms with Gasteiger partial charge in [0.1, 0.15) is 0 Å². The zero-order chi connectivity index (χ0) is 18.4. The van der Waals surface area contributed by atoms with Gasteiger partial charge in [0.2, 0.25) is 0 Å². The molecule has 0 unspecified atom stereocenters. The number of hydrogen-bond donors (Lipinski definition) is 1. The number of halogens is 2. The van der Waals surface area contributed by atoms with Gasteiger partial charge in [-0.25, -0.2) is 4.98 Å². The van der Waals surface area contributed by atoms with Crippen LogP contribution < -0.4 is 5.73 Å². The molecule has 4 rings (SSSR count). The number of carbonyl (C=O) groups is 1. The zero-order valence-electron chi connectivity index (χ0n) is 14.2. The molecule has 1 aliphatic rings. The van der Waals surface area contributed by atoms with Gasteiger partial charge in [-0.3, -0.25) is 4.79 Å². The lowest BCUT2D eigenvalue weighted by Crippen LogP contribution is -2.24. The van der Waals surface area contributed by atoms with E-state index in [4.69, 9.17) is 33.9 Å². The summed E-state index contributed by atoms with van der Waals surface area (Å²) in [6.45, 7) is 3.22. The number of rotatable bonds is 3. The van der Waals surface area contributed by atoms with Crippen molar-refractivity contribution in [3.63, 3.8) is 0 Å². The third-order valence-corrected chi connectivity index (χ3v) is 5.25. The number of benzene rings is 2. The Balaban J connectivity index is 1.97. The maximum absolute atomic E-state index is 12.7. The van der Waals surface area contributed by atoms with E-state index in [-0.39, 0.29) is 5.91 Å². The van der Waals surface area contributed by atoms with Crippen LogP contribution in [0.5, 0.6) is 0 Å². The first-order chi connectivity index (χ1) is 12.5. The van der Waals surface area contributed by atoms with Gasteiger partial charge in [0.15, 0.2) is 0 Å². The molecule has 0 fully saturated rings. The summed E-state index contributed by atoms with van der Waals surface area (Å²) in [5.41, 5.74) is 10.5. The van der Waals surface area contributed by atoms with Gasteiger partial charge in [-0.1, -0.05) is 48.3 Å². The molecule has 0 saturated heterocycles. The Hall–Kier alpha value is -2.30. The Labute approximate surface area is 161 Å². The van der Waals surface area contributed by atoms with Crippen molar-refractivity contribution >= 4 is 45.7 Å². The Morgan fingerprint density at radius 2 is 2.00 bits per heavy atom. The molecule has 2 heterocycles. The Morgan fingerprint density at radius 1 is 1.19 bits per heavy atom. The standard InChI is InChI=1S/C20H17Cl2N3O/c1-2-8-25-10-16-17(20(25)26)18(23)13-5-3-4-12(19(13)24-16)14-9-11(21)6-7-15(14)22/h3-7,9H,2,8,10H2,1H3,(H2,23,24). The predicted molar refractivity (Wildman–Crippen MR) is 107 cm³/mol. The van der Waals surface area contributed by atoms with Crippen LogP contribution in [0.4, 0.5) is 5.69 Å². The van der Waals surface area contributed by atoms with Gasteiger partial charge in [0, 0.05) is 33.1 Å². The molecule has 1 aliphatic heterocycles. The highest BCUT2D eigenvalue weighted by Gasteiger charge is 2.31. The van der Waals surface area contributed by atoms with E-state index in [0.717, 1.165) is 34.1 Å². The fourth-order valence-corrected chi connectivity index (χ4v) is 3.89. The van der Waals surface area contributed by atoms with Crippen LogP contribution in [0.3, 0.4) is 0 Å². The molecule has 0 bridgehead atoms. The van der Waals surface area contributed by atoms with Gasteiger partial charge >= 0.3 is 0 Å². The summed E-state index contributed by atoms with van der Waals surface area (Å²) < 4.78 is 0. The monoisotopic (exact) mass is 385 g/mol. The summed E-state index contributed by atoms with van der Waals surface area (Å²) in [7, 11) is 0. The van der Waals surface area contributed by atoms with Crippen LogP contribution in [0.1, 0.15) is 29.4 Å². The lowest BCUT2D eigenvalue weighted by molar-refractivity contribution is 0.0779. The molecule has 0 spiro atoms. The van der Waals surface area contributed by atoms with Gasteiger partial charge < -0.3 is 10.6 Å². The van der Waals surface area contributed by atoms with Crippen molar-refractivity contribution in [3.05, 3.63) is 57.7 Å². The number of anilines is 1. The topological polar surface area (TPSA) is 59.2 Å². The number of amides is 1. The van der Waals surface area contributed by atoms with Gasteiger partial charge in [0.25, 0.3) is 5.91 Å². The highest BCUT2D eigenvalue weighted by molar-refractivity contribution is 6.35. The molecule has 0 saturated carbocycles. The maximum atomic E-state index is 12.7. The molecular formula is C20H17Cl2N3O. The van der Waals surface area contributed by atoms with Crippen LogP contribution in [-0.4, -0.2) is 22.3 Å². The van der Waals surface area contributed by atoms with Crippen LogP contribution in [0.15, 0.2) is 36.4 Å². The quantitative estimate of drug-likeness (QED) is 0.677. The molecule has 2 N–H and O–H groups in total. The SMILES string of the molecule is CCCN1Cc2nc3c(-c4cc(Cl)ccc4Cl)cccc3c(N)c2C1=O. The van der Waals surface area contributed by atoms with E-state index in [1.165, 1.54) is 0 Å². The number of nitrogens with zero attached hydrogens (tertiary/aromatic N) is 2. The molecule has 4 nitrogen and oxygen atoms in total. The fraction of sp³-hybridized carbons (Fsp3) is 0.200. The number of fused-ring (bicyclic) bond motifs is 2. The lowest BCUT2D eigenvalue weighted by atomic mass is 9.99. The molecule has 26 heavy (non-hydrogen) atoms. The van der Waals surface area contributed by atoms with Crippen LogP contribution in [0.2, 0.25) is 10.0 Å². The molecule has 132 valence electrons. The Bertz CT molecular complexity index is 1050. The number of hydrogen-bond acceptors (Lipinski definition) is 3. The number of aromatic nitrogens is 1. The molecule has 2 aromatic carbocycles. The van der Waals surface area contributed by atoms with E-state index < -0.39 is 0 Å².